The fourth-order valence-corrected chi connectivity index (χ4v) is 3.50. The van der Waals surface area contributed by atoms with Crippen molar-refractivity contribution in [3.05, 3.63) is 58.1 Å². The minimum Gasteiger partial charge on any atom is -0.481 e. The Bertz CT molecular complexity index is 944. The molecule has 0 aliphatic carbocycles. The van der Waals surface area contributed by atoms with Crippen LogP contribution in [-0.4, -0.2) is 26.1 Å². The van der Waals surface area contributed by atoms with Gasteiger partial charge in [0.25, 0.3) is 0 Å². The first-order valence-electron chi connectivity index (χ1n) is 8.52. The molecule has 0 saturated carbocycles. The molecular weight excluding hydrogens is 314 g/mol. The molecule has 2 aromatic carbocycles. The normalized spacial score (nSPS) is 12.5. The number of rotatable bonds is 5. The molecule has 1 N–H and O–H groups in total. The Labute approximate surface area is 147 Å². The van der Waals surface area contributed by atoms with Gasteiger partial charge in [-0.15, -0.1) is 5.10 Å². The van der Waals surface area contributed by atoms with E-state index in [0.29, 0.717) is 0 Å². The van der Waals surface area contributed by atoms with Crippen LogP contribution in [0.1, 0.15) is 47.1 Å². The number of aliphatic carboxylic acids is 1. The minimum atomic E-state index is -0.803. The maximum absolute atomic E-state index is 11.5. The molecule has 0 radical (unpaired) electrons. The Morgan fingerprint density at radius 3 is 2.68 bits per heavy atom. The van der Waals surface area contributed by atoms with Crippen LogP contribution in [0.5, 0.6) is 0 Å². The van der Waals surface area contributed by atoms with Gasteiger partial charge in [-0.2, -0.15) is 0 Å². The number of fused-ring (bicyclic) bond motifs is 1. The standard InChI is InChI=1S/C20H23N3O2/c1-5-14-10-15(7-6-12(14)2)17(11-19(24)25)16-8-9-18-20(13(16)3)21-22-23(18)4/h6-10,17H,5,11H2,1-4H3,(H,24,25)/t17-/m0/s1. The third-order valence-electron chi connectivity index (χ3n) is 4.99. The molecule has 3 rings (SSSR count). The van der Waals surface area contributed by atoms with E-state index in [9.17, 15) is 9.90 Å². The summed E-state index contributed by atoms with van der Waals surface area (Å²) in [4.78, 5) is 11.5. The van der Waals surface area contributed by atoms with Crippen molar-refractivity contribution >= 4 is 17.0 Å². The molecule has 0 unspecified atom stereocenters. The highest BCUT2D eigenvalue weighted by atomic mass is 16.4. The molecule has 1 heterocycles. The van der Waals surface area contributed by atoms with Crippen molar-refractivity contribution in [1.82, 2.24) is 15.0 Å². The van der Waals surface area contributed by atoms with Crippen molar-refractivity contribution in [3.8, 4) is 0 Å². The van der Waals surface area contributed by atoms with Crippen LogP contribution in [0.15, 0.2) is 30.3 Å². The van der Waals surface area contributed by atoms with Crippen molar-refractivity contribution in [2.75, 3.05) is 0 Å². The van der Waals surface area contributed by atoms with Crippen LogP contribution in [0.2, 0.25) is 0 Å². The van der Waals surface area contributed by atoms with Gasteiger partial charge in [-0.3, -0.25) is 4.79 Å². The molecule has 5 nitrogen and oxygen atoms in total. The Morgan fingerprint density at radius 2 is 2.00 bits per heavy atom. The van der Waals surface area contributed by atoms with Crippen LogP contribution in [0, 0.1) is 13.8 Å². The lowest BCUT2D eigenvalue weighted by Crippen LogP contribution is -2.10. The van der Waals surface area contributed by atoms with Crippen molar-refractivity contribution in [2.45, 2.75) is 39.5 Å². The highest BCUT2D eigenvalue weighted by molar-refractivity contribution is 5.80. The van der Waals surface area contributed by atoms with Gasteiger partial charge in [0.05, 0.1) is 11.9 Å². The second kappa shape index (κ2) is 6.67. The lowest BCUT2D eigenvalue weighted by molar-refractivity contribution is -0.137. The van der Waals surface area contributed by atoms with Gasteiger partial charge < -0.3 is 5.11 Å². The average Bonchev–Trinajstić information content (AvgIpc) is 2.96. The summed E-state index contributed by atoms with van der Waals surface area (Å²) >= 11 is 0. The van der Waals surface area contributed by atoms with Crippen molar-refractivity contribution in [2.24, 2.45) is 7.05 Å². The van der Waals surface area contributed by atoms with E-state index in [4.69, 9.17) is 0 Å². The second-order valence-electron chi connectivity index (χ2n) is 6.55. The number of hydrogen-bond acceptors (Lipinski definition) is 3. The van der Waals surface area contributed by atoms with Crippen LogP contribution in [0.25, 0.3) is 11.0 Å². The monoisotopic (exact) mass is 337 g/mol. The molecule has 3 aromatic rings. The van der Waals surface area contributed by atoms with Gasteiger partial charge in [0.1, 0.15) is 5.52 Å². The molecular formula is C20H23N3O2. The van der Waals surface area contributed by atoms with E-state index >= 15 is 0 Å². The number of carboxylic acid groups (broad SMARTS) is 1. The Hall–Kier alpha value is -2.69. The predicted octanol–water partition coefficient (Wildman–Crippen LogP) is 3.75. The number of hydrogen-bond donors (Lipinski definition) is 1. The van der Waals surface area contributed by atoms with Crippen LogP contribution in [0.4, 0.5) is 0 Å². The Morgan fingerprint density at radius 1 is 1.24 bits per heavy atom. The lowest BCUT2D eigenvalue weighted by atomic mass is 9.84. The maximum atomic E-state index is 11.5. The van der Waals surface area contributed by atoms with E-state index in [-0.39, 0.29) is 12.3 Å². The quantitative estimate of drug-likeness (QED) is 0.770. The van der Waals surface area contributed by atoms with E-state index in [1.165, 1.54) is 11.1 Å². The fraction of sp³-hybridized carbons (Fsp3) is 0.350. The van der Waals surface area contributed by atoms with Crippen molar-refractivity contribution in [1.29, 1.82) is 0 Å². The first-order chi connectivity index (χ1) is 11.9. The number of nitrogens with zero attached hydrogens (tertiary/aromatic N) is 3. The highest BCUT2D eigenvalue weighted by Crippen LogP contribution is 2.34. The van der Waals surface area contributed by atoms with Gasteiger partial charge in [-0.25, -0.2) is 4.68 Å². The predicted molar refractivity (Wildman–Crippen MR) is 97.9 cm³/mol. The summed E-state index contributed by atoms with van der Waals surface area (Å²) in [6.07, 6.45) is 0.987. The average molecular weight is 337 g/mol. The topological polar surface area (TPSA) is 68.0 Å². The van der Waals surface area contributed by atoms with E-state index < -0.39 is 5.97 Å². The molecule has 0 spiro atoms. The van der Waals surface area contributed by atoms with Gasteiger partial charge >= 0.3 is 5.97 Å². The SMILES string of the molecule is CCc1cc([C@H](CC(=O)O)c2ccc3c(nnn3C)c2C)ccc1C. The third-order valence-corrected chi connectivity index (χ3v) is 4.99. The molecule has 5 heteroatoms. The van der Waals surface area contributed by atoms with Crippen LogP contribution in [-0.2, 0) is 18.3 Å². The number of carbonyl (C=O) groups is 1. The first-order valence-corrected chi connectivity index (χ1v) is 8.52. The maximum Gasteiger partial charge on any atom is 0.304 e. The summed E-state index contributed by atoms with van der Waals surface area (Å²) in [5.41, 5.74) is 7.31. The molecule has 1 atom stereocenters. The Kier molecular flexibility index (Phi) is 4.57. The van der Waals surface area contributed by atoms with Crippen LogP contribution >= 0.6 is 0 Å². The molecule has 0 saturated heterocycles. The second-order valence-corrected chi connectivity index (χ2v) is 6.55. The number of carboxylic acids is 1. The van der Waals surface area contributed by atoms with Gasteiger partial charge in [-0.1, -0.05) is 36.4 Å². The lowest BCUT2D eigenvalue weighted by Gasteiger charge is -2.20. The van der Waals surface area contributed by atoms with E-state index in [1.54, 1.807) is 4.68 Å². The zero-order valence-electron chi connectivity index (χ0n) is 15.1. The summed E-state index contributed by atoms with van der Waals surface area (Å²) < 4.78 is 1.74. The Balaban J connectivity index is 2.16. The summed E-state index contributed by atoms with van der Waals surface area (Å²) in [5, 5.41) is 17.8. The molecule has 130 valence electrons. The van der Waals surface area contributed by atoms with E-state index in [1.807, 2.05) is 32.2 Å². The van der Waals surface area contributed by atoms with E-state index in [2.05, 4.69) is 36.3 Å². The summed E-state index contributed by atoms with van der Waals surface area (Å²) in [7, 11) is 1.86. The summed E-state index contributed by atoms with van der Waals surface area (Å²) in [5.74, 6) is -1.00. The smallest absolute Gasteiger partial charge is 0.304 e. The number of aromatic nitrogens is 3. The molecule has 0 amide bonds. The summed E-state index contributed by atoms with van der Waals surface area (Å²) in [6, 6.07) is 10.3. The number of benzene rings is 2. The van der Waals surface area contributed by atoms with Crippen LogP contribution in [0.3, 0.4) is 0 Å². The number of aryl methyl sites for hydroxylation is 4. The molecule has 0 aliphatic heterocycles. The van der Waals surface area contributed by atoms with E-state index in [0.717, 1.165) is 34.1 Å². The highest BCUT2D eigenvalue weighted by Gasteiger charge is 2.22. The van der Waals surface area contributed by atoms with Gasteiger partial charge in [0.2, 0.25) is 0 Å². The molecule has 1 aromatic heterocycles. The zero-order chi connectivity index (χ0) is 18.1. The summed E-state index contributed by atoms with van der Waals surface area (Å²) in [6.45, 7) is 6.21. The minimum absolute atomic E-state index is 0.0544. The molecule has 0 bridgehead atoms. The molecule has 0 fully saturated rings. The molecule has 0 aliphatic rings. The largest absolute Gasteiger partial charge is 0.481 e. The van der Waals surface area contributed by atoms with Gasteiger partial charge in [0, 0.05) is 13.0 Å². The van der Waals surface area contributed by atoms with Gasteiger partial charge in [-0.05, 0) is 54.2 Å². The van der Waals surface area contributed by atoms with Gasteiger partial charge in [0.15, 0.2) is 0 Å². The molecule has 25 heavy (non-hydrogen) atoms. The van der Waals surface area contributed by atoms with Crippen molar-refractivity contribution < 1.29 is 9.90 Å². The van der Waals surface area contributed by atoms with Crippen molar-refractivity contribution in [3.63, 3.8) is 0 Å². The zero-order valence-corrected chi connectivity index (χ0v) is 15.1. The first kappa shape index (κ1) is 17.1. The third kappa shape index (κ3) is 3.14. The van der Waals surface area contributed by atoms with Crippen LogP contribution < -0.4 is 0 Å². The fourth-order valence-electron chi connectivity index (χ4n) is 3.50.